The van der Waals surface area contributed by atoms with Crippen molar-refractivity contribution in [1.29, 1.82) is 0 Å². The van der Waals surface area contributed by atoms with Gasteiger partial charge in [0.2, 0.25) is 5.72 Å². The maximum Gasteiger partial charge on any atom is 0.351 e. The van der Waals surface area contributed by atoms with Crippen molar-refractivity contribution in [3.05, 3.63) is 0 Å². The molecule has 1 aliphatic rings. The summed E-state index contributed by atoms with van der Waals surface area (Å²) < 4.78 is 4.85. The highest BCUT2D eigenvalue weighted by molar-refractivity contribution is 5.77. The fourth-order valence-electron chi connectivity index (χ4n) is 1.16. The van der Waals surface area contributed by atoms with Gasteiger partial charge in [-0.1, -0.05) is 0 Å². The minimum atomic E-state index is -1.10. The molecule has 1 heterocycles. The molecule has 0 aromatic rings. The minimum absolute atomic E-state index is 0.554. The van der Waals surface area contributed by atoms with Gasteiger partial charge in [0.15, 0.2) is 0 Å². The zero-order valence-electron chi connectivity index (χ0n) is 5.89. The van der Waals surface area contributed by atoms with Crippen molar-refractivity contribution >= 4 is 5.97 Å². The average molecular weight is 145 g/mol. The largest absolute Gasteiger partial charge is 0.478 e. The molecule has 4 heteroatoms. The van der Waals surface area contributed by atoms with Crippen molar-refractivity contribution in [3.63, 3.8) is 0 Å². The van der Waals surface area contributed by atoms with Crippen LogP contribution in [0.2, 0.25) is 0 Å². The third-order valence-corrected chi connectivity index (χ3v) is 1.81. The van der Waals surface area contributed by atoms with Crippen LogP contribution in [0.15, 0.2) is 0 Å². The van der Waals surface area contributed by atoms with E-state index < -0.39 is 11.7 Å². The second-order valence-corrected chi connectivity index (χ2v) is 2.37. The maximum atomic E-state index is 10.6. The molecule has 0 aliphatic carbocycles. The Morgan fingerprint density at radius 3 is 2.70 bits per heavy atom. The maximum absolute atomic E-state index is 10.6. The number of carboxylic acid groups (broad SMARTS) is 1. The Hall–Kier alpha value is -0.610. The molecule has 2 N–H and O–H groups in total. The van der Waals surface area contributed by atoms with E-state index in [0.29, 0.717) is 6.42 Å². The van der Waals surface area contributed by atoms with Crippen LogP contribution in [0.4, 0.5) is 0 Å². The number of carboxylic acids is 1. The van der Waals surface area contributed by atoms with Crippen molar-refractivity contribution in [1.82, 2.24) is 5.32 Å². The normalized spacial score (nSPS) is 32.5. The lowest BCUT2D eigenvalue weighted by atomic mass is 10.2. The third-order valence-electron chi connectivity index (χ3n) is 1.81. The van der Waals surface area contributed by atoms with Gasteiger partial charge in [-0.25, -0.2) is 4.79 Å². The first-order chi connectivity index (χ1) is 4.71. The van der Waals surface area contributed by atoms with Crippen LogP contribution in [-0.2, 0) is 9.53 Å². The highest BCUT2D eigenvalue weighted by atomic mass is 16.5. The second-order valence-electron chi connectivity index (χ2n) is 2.37. The van der Waals surface area contributed by atoms with Crippen molar-refractivity contribution < 1.29 is 14.6 Å². The summed E-state index contributed by atoms with van der Waals surface area (Å²) in [7, 11) is 1.41. The summed E-state index contributed by atoms with van der Waals surface area (Å²) in [6, 6.07) is 0. The van der Waals surface area contributed by atoms with Crippen LogP contribution in [-0.4, -0.2) is 30.5 Å². The molecule has 10 heavy (non-hydrogen) atoms. The Kier molecular flexibility index (Phi) is 1.92. The van der Waals surface area contributed by atoms with Gasteiger partial charge in [0.1, 0.15) is 0 Å². The van der Waals surface area contributed by atoms with Crippen LogP contribution in [0.3, 0.4) is 0 Å². The van der Waals surface area contributed by atoms with E-state index >= 15 is 0 Å². The second kappa shape index (κ2) is 2.56. The molecular weight excluding hydrogens is 134 g/mol. The number of hydrogen-bond acceptors (Lipinski definition) is 3. The molecule has 1 saturated heterocycles. The lowest BCUT2D eigenvalue weighted by molar-refractivity contribution is -0.164. The fourth-order valence-corrected chi connectivity index (χ4v) is 1.16. The lowest BCUT2D eigenvalue weighted by Crippen LogP contribution is -2.49. The molecule has 1 atom stereocenters. The smallest absolute Gasteiger partial charge is 0.351 e. The summed E-state index contributed by atoms with van der Waals surface area (Å²) in [5, 5.41) is 11.5. The Bertz CT molecular complexity index is 140. The van der Waals surface area contributed by atoms with E-state index in [1.54, 1.807) is 0 Å². The van der Waals surface area contributed by atoms with Crippen molar-refractivity contribution in [3.8, 4) is 0 Å². The summed E-state index contributed by atoms with van der Waals surface area (Å²) in [6.07, 6.45) is 1.42. The van der Waals surface area contributed by atoms with Crippen molar-refractivity contribution in [2.75, 3.05) is 13.7 Å². The highest BCUT2D eigenvalue weighted by Crippen LogP contribution is 2.19. The Morgan fingerprint density at radius 1 is 1.80 bits per heavy atom. The molecule has 0 aromatic carbocycles. The van der Waals surface area contributed by atoms with Crippen LogP contribution < -0.4 is 5.32 Å². The zero-order valence-corrected chi connectivity index (χ0v) is 5.89. The summed E-state index contributed by atoms with van der Waals surface area (Å²) in [4.78, 5) is 10.6. The van der Waals surface area contributed by atoms with Gasteiger partial charge in [-0.2, -0.15) is 0 Å². The Morgan fingerprint density at radius 2 is 2.50 bits per heavy atom. The van der Waals surface area contributed by atoms with Crippen molar-refractivity contribution in [2.24, 2.45) is 0 Å². The molecule has 1 aliphatic heterocycles. The van der Waals surface area contributed by atoms with Gasteiger partial charge in [0.25, 0.3) is 0 Å². The molecule has 0 spiro atoms. The van der Waals surface area contributed by atoms with Gasteiger partial charge in [-0.3, -0.25) is 5.32 Å². The highest BCUT2D eigenvalue weighted by Gasteiger charge is 2.41. The first kappa shape index (κ1) is 7.50. The van der Waals surface area contributed by atoms with Gasteiger partial charge in [-0.05, 0) is 13.0 Å². The van der Waals surface area contributed by atoms with E-state index in [9.17, 15) is 4.79 Å². The molecule has 1 rings (SSSR count). The molecule has 1 fully saturated rings. The van der Waals surface area contributed by atoms with E-state index in [0.717, 1.165) is 13.0 Å². The van der Waals surface area contributed by atoms with Gasteiger partial charge in [-0.15, -0.1) is 0 Å². The molecule has 4 nitrogen and oxygen atoms in total. The molecule has 0 saturated carbocycles. The van der Waals surface area contributed by atoms with E-state index in [1.165, 1.54) is 7.11 Å². The van der Waals surface area contributed by atoms with E-state index in [2.05, 4.69) is 5.32 Å². The Labute approximate surface area is 59.2 Å². The first-order valence-electron chi connectivity index (χ1n) is 3.25. The van der Waals surface area contributed by atoms with E-state index in [4.69, 9.17) is 9.84 Å². The van der Waals surface area contributed by atoms with Crippen LogP contribution in [0, 0.1) is 0 Å². The topological polar surface area (TPSA) is 58.6 Å². The third kappa shape index (κ3) is 0.998. The molecule has 1 unspecified atom stereocenters. The predicted octanol–water partition coefficient (Wildman–Crippen LogP) is -0.203. The van der Waals surface area contributed by atoms with Gasteiger partial charge in [0, 0.05) is 13.5 Å². The van der Waals surface area contributed by atoms with Crippen molar-refractivity contribution in [2.45, 2.75) is 18.6 Å². The van der Waals surface area contributed by atoms with Crippen LogP contribution in [0.5, 0.6) is 0 Å². The number of hydrogen-bond donors (Lipinski definition) is 2. The standard InChI is InChI=1S/C6H11NO3/c1-10-6(5(8)9)3-2-4-7-6/h7H,2-4H2,1H3,(H,8,9). The molecule has 0 amide bonds. The molecule has 0 radical (unpaired) electrons. The fraction of sp³-hybridized carbons (Fsp3) is 0.833. The average Bonchev–Trinajstić information content (AvgIpc) is 2.35. The van der Waals surface area contributed by atoms with Crippen LogP contribution in [0.25, 0.3) is 0 Å². The van der Waals surface area contributed by atoms with E-state index in [1.807, 2.05) is 0 Å². The number of ether oxygens (including phenoxy) is 1. The van der Waals surface area contributed by atoms with Crippen LogP contribution >= 0.6 is 0 Å². The molecular formula is C6H11NO3. The molecule has 58 valence electrons. The number of carbonyl (C=O) groups is 1. The number of methoxy groups -OCH3 is 1. The quantitative estimate of drug-likeness (QED) is 0.564. The number of rotatable bonds is 2. The number of nitrogens with one attached hydrogen (secondary N) is 1. The van der Waals surface area contributed by atoms with Gasteiger partial charge in [0.05, 0.1) is 0 Å². The van der Waals surface area contributed by atoms with Gasteiger partial charge >= 0.3 is 5.97 Å². The van der Waals surface area contributed by atoms with E-state index in [-0.39, 0.29) is 0 Å². The SMILES string of the molecule is COC1(C(=O)O)CCCN1. The molecule has 0 aromatic heterocycles. The lowest BCUT2D eigenvalue weighted by Gasteiger charge is -2.21. The van der Waals surface area contributed by atoms with Crippen LogP contribution in [0.1, 0.15) is 12.8 Å². The minimum Gasteiger partial charge on any atom is -0.478 e. The summed E-state index contributed by atoms with van der Waals surface area (Å²) in [6.45, 7) is 0.722. The zero-order chi connectivity index (χ0) is 7.61. The number of aliphatic carboxylic acids is 1. The summed E-state index contributed by atoms with van der Waals surface area (Å²) >= 11 is 0. The molecule has 0 bridgehead atoms. The summed E-state index contributed by atoms with van der Waals surface area (Å²) in [5.74, 6) is -0.924. The predicted molar refractivity (Wildman–Crippen MR) is 34.6 cm³/mol. The van der Waals surface area contributed by atoms with Gasteiger partial charge < -0.3 is 9.84 Å². The Balaban J connectivity index is 2.67. The monoisotopic (exact) mass is 145 g/mol. The first-order valence-corrected chi connectivity index (χ1v) is 3.25. The summed E-state index contributed by atoms with van der Waals surface area (Å²) in [5.41, 5.74) is -1.10.